The van der Waals surface area contributed by atoms with E-state index < -0.39 is 24.4 Å². The summed E-state index contributed by atoms with van der Waals surface area (Å²) in [7, 11) is 0. The van der Waals surface area contributed by atoms with Crippen molar-refractivity contribution < 1.29 is 27.2 Å². The maximum absolute atomic E-state index is 13.6. The fraction of sp³-hybridized carbons (Fsp3) is 0.368. The van der Waals surface area contributed by atoms with Crippen LogP contribution in [0, 0.1) is 5.82 Å². The quantitative estimate of drug-likeness (QED) is 0.603. The highest BCUT2D eigenvalue weighted by Gasteiger charge is 2.40. The van der Waals surface area contributed by atoms with Crippen LogP contribution >= 0.6 is 0 Å². The molecule has 1 aromatic heterocycles. The van der Waals surface area contributed by atoms with Crippen molar-refractivity contribution in [3.8, 4) is 0 Å². The summed E-state index contributed by atoms with van der Waals surface area (Å²) in [5.41, 5.74) is 0.617. The van der Waals surface area contributed by atoms with E-state index in [1.54, 1.807) is 6.07 Å². The summed E-state index contributed by atoms with van der Waals surface area (Å²) in [4.78, 5) is 30.9. The number of rotatable bonds is 6. The Morgan fingerprint density at radius 3 is 2.36 bits per heavy atom. The third kappa shape index (κ3) is 4.35. The van der Waals surface area contributed by atoms with Gasteiger partial charge in [-0.2, -0.15) is 13.2 Å². The topological polar surface area (TPSA) is 72.0 Å². The van der Waals surface area contributed by atoms with Crippen LogP contribution in [0.4, 0.5) is 17.6 Å². The first-order valence-electron chi connectivity index (χ1n) is 8.65. The highest BCUT2D eigenvalue weighted by molar-refractivity contribution is 5.99. The van der Waals surface area contributed by atoms with E-state index in [4.69, 9.17) is 0 Å². The van der Waals surface area contributed by atoms with Crippen molar-refractivity contribution in [1.29, 1.82) is 0 Å². The molecule has 28 heavy (non-hydrogen) atoms. The predicted octanol–water partition coefficient (Wildman–Crippen LogP) is 3.14. The Balaban J connectivity index is 1.66. The van der Waals surface area contributed by atoms with Gasteiger partial charge in [0.25, 0.3) is 0 Å². The number of carbonyl (C=O) groups is 2. The molecule has 0 radical (unpaired) electrons. The van der Waals surface area contributed by atoms with Crippen molar-refractivity contribution in [2.75, 3.05) is 6.54 Å². The number of ketones is 1. The van der Waals surface area contributed by atoms with Gasteiger partial charge in [-0.1, -0.05) is 18.6 Å². The van der Waals surface area contributed by atoms with Gasteiger partial charge < -0.3 is 5.32 Å². The van der Waals surface area contributed by atoms with Gasteiger partial charge in [-0.3, -0.25) is 9.59 Å². The minimum Gasteiger partial charge on any atom is -0.341 e. The lowest BCUT2D eigenvalue weighted by Crippen LogP contribution is -2.39. The van der Waals surface area contributed by atoms with Crippen molar-refractivity contribution in [1.82, 2.24) is 15.3 Å². The summed E-state index contributed by atoms with van der Waals surface area (Å²) in [6, 6.07) is 6.40. The number of carbonyl (C=O) groups excluding carboxylic acids is 2. The van der Waals surface area contributed by atoms with Crippen molar-refractivity contribution in [2.45, 2.75) is 37.3 Å². The molecule has 1 amide bonds. The van der Waals surface area contributed by atoms with Crippen LogP contribution in [0.1, 0.15) is 41.0 Å². The first kappa shape index (κ1) is 19.9. The number of aromatic nitrogens is 2. The van der Waals surface area contributed by atoms with Gasteiger partial charge in [0.15, 0.2) is 5.78 Å². The van der Waals surface area contributed by atoms with E-state index >= 15 is 0 Å². The van der Waals surface area contributed by atoms with Gasteiger partial charge >= 0.3 is 12.1 Å². The number of hydrogen-bond acceptors (Lipinski definition) is 4. The molecule has 9 heteroatoms. The minimum atomic E-state index is -5.05. The average Bonchev–Trinajstić information content (AvgIpc) is 2.62. The number of nitrogens with one attached hydrogen (secondary N) is 1. The molecule has 1 N–H and O–H groups in total. The molecular formula is C19H17F4N3O2. The molecule has 3 rings (SSSR count). The van der Waals surface area contributed by atoms with E-state index in [9.17, 15) is 27.2 Å². The number of alkyl halides is 3. The van der Waals surface area contributed by atoms with Gasteiger partial charge in [-0.25, -0.2) is 14.4 Å². The molecule has 1 heterocycles. The molecule has 0 spiro atoms. The maximum Gasteiger partial charge on any atom is 0.471 e. The third-order valence-electron chi connectivity index (χ3n) is 4.94. The normalized spacial score (nSPS) is 15.6. The number of nitrogens with zero attached hydrogens (tertiary/aromatic N) is 2. The van der Waals surface area contributed by atoms with E-state index in [0.29, 0.717) is 12.2 Å². The molecule has 0 aliphatic heterocycles. The van der Waals surface area contributed by atoms with Crippen LogP contribution in [0.2, 0.25) is 0 Å². The summed E-state index contributed by atoms with van der Waals surface area (Å²) >= 11 is 0. The maximum atomic E-state index is 13.6. The van der Waals surface area contributed by atoms with Crippen molar-refractivity contribution in [2.24, 2.45) is 0 Å². The summed E-state index contributed by atoms with van der Waals surface area (Å²) in [6.07, 6.45) is 0.606. The molecule has 1 saturated carbocycles. The van der Waals surface area contributed by atoms with Crippen molar-refractivity contribution >= 4 is 11.7 Å². The molecule has 1 fully saturated rings. The third-order valence-corrected chi connectivity index (χ3v) is 4.94. The Morgan fingerprint density at radius 1 is 1.14 bits per heavy atom. The molecule has 2 aromatic rings. The lowest BCUT2D eigenvalue weighted by Gasteiger charge is -2.42. The summed E-state index contributed by atoms with van der Waals surface area (Å²) < 4.78 is 50.0. The molecule has 5 nitrogen and oxygen atoms in total. The SMILES string of the molecule is O=C(CNC(=O)C(F)(F)F)c1cnc(CC2(c3cccc(F)c3)CCC2)nc1. The Labute approximate surface area is 158 Å². The molecular weight excluding hydrogens is 378 g/mol. The van der Waals surface area contributed by atoms with Gasteiger partial charge in [-0.05, 0) is 30.5 Å². The Kier molecular flexibility index (Phi) is 5.44. The van der Waals surface area contributed by atoms with E-state index in [2.05, 4.69) is 9.97 Å². The molecule has 0 unspecified atom stereocenters. The second-order valence-electron chi connectivity index (χ2n) is 6.81. The van der Waals surface area contributed by atoms with Gasteiger partial charge in [0.05, 0.1) is 12.1 Å². The zero-order valence-corrected chi connectivity index (χ0v) is 14.7. The monoisotopic (exact) mass is 395 g/mol. The van der Waals surface area contributed by atoms with E-state index in [0.717, 1.165) is 24.8 Å². The Bertz CT molecular complexity index is 877. The zero-order chi connectivity index (χ0) is 20.4. The number of halogens is 4. The molecule has 1 aliphatic rings. The average molecular weight is 395 g/mol. The van der Waals surface area contributed by atoms with E-state index in [1.807, 2.05) is 6.07 Å². The highest BCUT2D eigenvalue weighted by Crippen LogP contribution is 2.45. The van der Waals surface area contributed by atoms with Gasteiger partial charge in [0.2, 0.25) is 0 Å². The fourth-order valence-corrected chi connectivity index (χ4v) is 3.24. The highest BCUT2D eigenvalue weighted by atomic mass is 19.4. The van der Waals surface area contributed by atoms with Gasteiger partial charge in [0.1, 0.15) is 11.6 Å². The molecule has 1 aliphatic carbocycles. The molecule has 148 valence electrons. The van der Waals surface area contributed by atoms with Crippen LogP contribution in [0.3, 0.4) is 0 Å². The second-order valence-corrected chi connectivity index (χ2v) is 6.81. The summed E-state index contributed by atoms with van der Waals surface area (Å²) in [5.74, 6) is -2.76. The van der Waals surface area contributed by atoms with Gasteiger partial charge in [0, 0.05) is 24.2 Å². The largest absolute Gasteiger partial charge is 0.471 e. The van der Waals surface area contributed by atoms with Crippen LogP contribution in [-0.2, 0) is 16.6 Å². The lowest BCUT2D eigenvalue weighted by molar-refractivity contribution is -0.173. The Hall–Kier alpha value is -2.84. The van der Waals surface area contributed by atoms with Crippen LogP contribution in [0.5, 0.6) is 0 Å². The van der Waals surface area contributed by atoms with Gasteiger partial charge in [-0.15, -0.1) is 0 Å². The molecule has 0 atom stereocenters. The number of hydrogen-bond donors (Lipinski definition) is 1. The van der Waals surface area contributed by atoms with Crippen molar-refractivity contribution in [3.63, 3.8) is 0 Å². The number of benzene rings is 1. The van der Waals surface area contributed by atoms with E-state index in [-0.39, 0.29) is 16.8 Å². The molecule has 0 saturated heterocycles. The van der Waals surface area contributed by atoms with E-state index in [1.165, 1.54) is 29.8 Å². The number of Topliss-reactive ketones (excluding diaryl/α,β-unsaturated/α-hetero) is 1. The smallest absolute Gasteiger partial charge is 0.341 e. The first-order chi connectivity index (χ1) is 13.2. The molecule has 1 aromatic carbocycles. The van der Waals surface area contributed by atoms with Crippen LogP contribution in [0.15, 0.2) is 36.7 Å². The molecule has 0 bridgehead atoms. The lowest BCUT2D eigenvalue weighted by atomic mass is 9.62. The van der Waals surface area contributed by atoms with Crippen molar-refractivity contribution in [3.05, 3.63) is 59.4 Å². The predicted molar refractivity (Wildman–Crippen MR) is 91.1 cm³/mol. The Morgan fingerprint density at radius 2 is 1.82 bits per heavy atom. The zero-order valence-electron chi connectivity index (χ0n) is 14.7. The van der Waals surface area contributed by atoms with Crippen LogP contribution in [0.25, 0.3) is 0 Å². The standard InChI is InChI=1S/C19H17F4N3O2/c20-14-4-1-3-13(7-14)18(5-2-6-18)8-16-24-9-12(10-25-16)15(27)11-26-17(28)19(21,22)23/h1,3-4,7,9-10H,2,5-6,8,11H2,(H,26,28). The minimum absolute atomic E-state index is 0.000334. The summed E-state index contributed by atoms with van der Waals surface area (Å²) in [5, 5.41) is 1.51. The summed E-state index contributed by atoms with van der Waals surface area (Å²) in [6.45, 7) is -0.797. The first-order valence-corrected chi connectivity index (χ1v) is 8.65. The number of amides is 1. The van der Waals surface area contributed by atoms with Crippen LogP contribution < -0.4 is 5.32 Å². The van der Waals surface area contributed by atoms with Crippen LogP contribution in [-0.4, -0.2) is 34.4 Å². The second kappa shape index (κ2) is 7.65. The fourth-order valence-electron chi connectivity index (χ4n) is 3.24.